The molecule has 0 radical (unpaired) electrons. The second-order valence-corrected chi connectivity index (χ2v) is 6.85. The molecule has 1 aromatic heterocycles. The molecule has 120 valence electrons. The Morgan fingerprint density at radius 1 is 1.24 bits per heavy atom. The Labute approximate surface area is 130 Å². The summed E-state index contributed by atoms with van der Waals surface area (Å²) in [5.74, 6) is 3.85. The minimum absolute atomic E-state index is 0.806. The number of imidazole rings is 1. The summed E-state index contributed by atoms with van der Waals surface area (Å²) in [4.78, 5) is 4.55. The summed E-state index contributed by atoms with van der Waals surface area (Å²) in [6.07, 6.45) is 13.4. The lowest BCUT2D eigenvalue weighted by molar-refractivity contribution is 0.165. The predicted molar refractivity (Wildman–Crippen MR) is 89.3 cm³/mol. The zero-order chi connectivity index (χ0) is 15.1. The summed E-state index contributed by atoms with van der Waals surface area (Å²) in [6.45, 7) is 6.92. The third-order valence-electron chi connectivity index (χ3n) is 5.14. The monoisotopic (exact) mass is 291 g/mol. The molecule has 0 amide bonds. The van der Waals surface area contributed by atoms with Crippen LogP contribution in [-0.4, -0.2) is 22.6 Å². The van der Waals surface area contributed by atoms with Crippen molar-refractivity contribution < 1.29 is 0 Å². The van der Waals surface area contributed by atoms with E-state index in [0.717, 1.165) is 30.7 Å². The summed E-state index contributed by atoms with van der Waals surface area (Å²) in [5, 5.41) is 3.65. The van der Waals surface area contributed by atoms with Crippen LogP contribution in [0.5, 0.6) is 0 Å². The second-order valence-electron chi connectivity index (χ2n) is 6.85. The lowest BCUT2D eigenvalue weighted by Crippen LogP contribution is -2.35. The normalized spacial score (nSPS) is 26.1. The van der Waals surface area contributed by atoms with Crippen molar-refractivity contribution in [2.24, 2.45) is 24.8 Å². The Hall–Kier alpha value is -0.830. The molecule has 1 aliphatic carbocycles. The second kappa shape index (κ2) is 8.57. The Morgan fingerprint density at radius 3 is 2.76 bits per heavy atom. The quantitative estimate of drug-likeness (QED) is 0.738. The summed E-state index contributed by atoms with van der Waals surface area (Å²) in [5.41, 5.74) is 0. The van der Waals surface area contributed by atoms with Crippen LogP contribution in [0.3, 0.4) is 0 Å². The van der Waals surface area contributed by atoms with Crippen LogP contribution in [0.4, 0.5) is 0 Å². The van der Waals surface area contributed by atoms with Gasteiger partial charge in [-0.15, -0.1) is 0 Å². The van der Waals surface area contributed by atoms with Gasteiger partial charge in [0.2, 0.25) is 0 Å². The zero-order valence-corrected chi connectivity index (χ0v) is 14.1. The minimum Gasteiger partial charge on any atom is -0.338 e. The van der Waals surface area contributed by atoms with Crippen LogP contribution in [-0.2, 0) is 13.5 Å². The van der Waals surface area contributed by atoms with E-state index in [0.29, 0.717) is 0 Å². The van der Waals surface area contributed by atoms with Crippen molar-refractivity contribution >= 4 is 0 Å². The standard InChI is InChI=1S/C18H33N3/c1-4-6-15-7-8-16(14-19-9-5-2)17(12-15)13-18-20-10-11-21(18)3/h10-11,15-17,19H,4-9,12-14H2,1-3H3. The molecule has 1 N–H and O–H groups in total. The lowest BCUT2D eigenvalue weighted by atomic mass is 9.71. The van der Waals surface area contributed by atoms with Crippen molar-refractivity contribution in [3.8, 4) is 0 Å². The van der Waals surface area contributed by atoms with Gasteiger partial charge in [0, 0.05) is 25.9 Å². The molecule has 2 rings (SSSR count). The number of rotatable bonds is 8. The molecule has 1 aliphatic rings. The van der Waals surface area contributed by atoms with Gasteiger partial charge in [-0.2, -0.15) is 0 Å². The Morgan fingerprint density at radius 2 is 2.10 bits per heavy atom. The molecule has 0 saturated heterocycles. The molecular weight excluding hydrogens is 258 g/mol. The molecule has 0 spiro atoms. The molecule has 0 aromatic carbocycles. The van der Waals surface area contributed by atoms with Crippen molar-refractivity contribution in [2.75, 3.05) is 13.1 Å². The molecule has 3 heteroatoms. The van der Waals surface area contributed by atoms with Crippen LogP contribution >= 0.6 is 0 Å². The molecule has 3 atom stereocenters. The van der Waals surface area contributed by atoms with Crippen molar-refractivity contribution in [1.29, 1.82) is 0 Å². The van der Waals surface area contributed by atoms with Gasteiger partial charge < -0.3 is 9.88 Å². The van der Waals surface area contributed by atoms with E-state index in [9.17, 15) is 0 Å². The van der Waals surface area contributed by atoms with E-state index in [1.165, 1.54) is 50.9 Å². The number of nitrogens with one attached hydrogen (secondary N) is 1. The molecule has 0 bridgehead atoms. The third-order valence-corrected chi connectivity index (χ3v) is 5.14. The molecule has 3 unspecified atom stereocenters. The smallest absolute Gasteiger partial charge is 0.108 e. The first kappa shape index (κ1) is 16.5. The van der Waals surface area contributed by atoms with Crippen LogP contribution in [0.1, 0.15) is 58.2 Å². The molecule has 3 nitrogen and oxygen atoms in total. The highest BCUT2D eigenvalue weighted by Crippen LogP contribution is 2.37. The van der Waals surface area contributed by atoms with Gasteiger partial charge in [-0.25, -0.2) is 4.98 Å². The molecule has 1 aromatic rings. The first-order valence-electron chi connectivity index (χ1n) is 8.91. The number of aryl methyl sites for hydroxylation is 1. The van der Waals surface area contributed by atoms with Gasteiger partial charge in [-0.05, 0) is 50.1 Å². The summed E-state index contributed by atoms with van der Waals surface area (Å²) >= 11 is 0. The van der Waals surface area contributed by atoms with Gasteiger partial charge in [0.25, 0.3) is 0 Å². The fraction of sp³-hybridized carbons (Fsp3) is 0.833. The van der Waals surface area contributed by atoms with Gasteiger partial charge in [0.1, 0.15) is 5.82 Å². The molecule has 1 heterocycles. The molecular formula is C18H33N3. The molecule has 21 heavy (non-hydrogen) atoms. The maximum atomic E-state index is 4.55. The molecule has 0 aliphatic heterocycles. The van der Waals surface area contributed by atoms with Crippen LogP contribution in [0, 0.1) is 17.8 Å². The van der Waals surface area contributed by atoms with Crippen LogP contribution < -0.4 is 5.32 Å². The lowest BCUT2D eigenvalue weighted by Gasteiger charge is -2.36. The number of hydrogen-bond donors (Lipinski definition) is 1. The Balaban J connectivity index is 1.96. The summed E-state index contributed by atoms with van der Waals surface area (Å²) in [6, 6.07) is 0. The van der Waals surface area contributed by atoms with Gasteiger partial charge in [0.15, 0.2) is 0 Å². The maximum Gasteiger partial charge on any atom is 0.108 e. The van der Waals surface area contributed by atoms with E-state index < -0.39 is 0 Å². The predicted octanol–water partition coefficient (Wildman–Crippen LogP) is 3.79. The molecule has 1 fully saturated rings. The van der Waals surface area contributed by atoms with Crippen molar-refractivity contribution in [3.05, 3.63) is 18.2 Å². The van der Waals surface area contributed by atoms with Gasteiger partial charge in [-0.3, -0.25) is 0 Å². The van der Waals surface area contributed by atoms with Crippen molar-refractivity contribution in [3.63, 3.8) is 0 Å². The first-order valence-corrected chi connectivity index (χ1v) is 8.91. The summed E-state index contributed by atoms with van der Waals surface area (Å²) in [7, 11) is 2.12. The Kier molecular flexibility index (Phi) is 6.75. The third kappa shape index (κ3) is 4.84. The number of nitrogens with zero attached hydrogens (tertiary/aromatic N) is 2. The van der Waals surface area contributed by atoms with Crippen LogP contribution in [0.15, 0.2) is 12.4 Å². The van der Waals surface area contributed by atoms with Crippen LogP contribution in [0.25, 0.3) is 0 Å². The van der Waals surface area contributed by atoms with E-state index in [4.69, 9.17) is 0 Å². The maximum absolute atomic E-state index is 4.55. The number of hydrogen-bond acceptors (Lipinski definition) is 2. The van der Waals surface area contributed by atoms with E-state index in [-0.39, 0.29) is 0 Å². The van der Waals surface area contributed by atoms with Crippen molar-refractivity contribution in [1.82, 2.24) is 14.9 Å². The first-order chi connectivity index (χ1) is 10.2. The SMILES string of the molecule is CCCNCC1CCC(CCC)CC1Cc1nccn1C. The van der Waals surface area contributed by atoms with Crippen molar-refractivity contribution in [2.45, 2.75) is 58.8 Å². The fourth-order valence-corrected chi connectivity index (χ4v) is 3.91. The number of aromatic nitrogens is 2. The van der Waals surface area contributed by atoms with E-state index in [1.54, 1.807) is 0 Å². The average molecular weight is 291 g/mol. The highest BCUT2D eigenvalue weighted by atomic mass is 15.0. The van der Waals surface area contributed by atoms with Gasteiger partial charge in [-0.1, -0.05) is 33.1 Å². The fourth-order valence-electron chi connectivity index (χ4n) is 3.91. The van der Waals surface area contributed by atoms with Gasteiger partial charge in [0.05, 0.1) is 0 Å². The highest BCUT2D eigenvalue weighted by molar-refractivity contribution is 4.95. The largest absolute Gasteiger partial charge is 0.338 e. The van der Waals surface area contributed by atoms with Gasteiger partial charge >= 0.3 is 0 Å². The topological polar surface area (TPSA) is 29.9 Å². The Bertz CT molecular complexity index is 399. The summed E-state index contributed by atoms with van der Waals surface area (Å²) < 4.78 is 2.19. The highest BCUT2D eigenvalue weighted by Gasteiger charge is 2.30. The average Bonchev–Trinajstić information content (AvgIpc) is 2.87. The van der Waals surface area contributed by atoms with Crippen LogP contribution in [0.2, 0.25) is 0 Å². The van der Waals surface area contributed by atoms with E-state index >= 15 is 0 Å². The zero-order valence-electron chi connectivity index (χ0n) is 14.1. The molecule has 1 saturated carbocycles. The van der Waals surface area contributed by atoms with E-state index in [2.05, 4.69) is 42.0 Å². The van der Waals surface area contributed by atoms with E-state index in [1.807, 2.05) is 6.20 Å². The minimum atomic E-state index is 0.806.